The molecule has 1 rings (SSSR count). The molecule has 1 aliphatic heterocycles. The number of rotatable bonds is 2. The third-order valence-electron chi connectivity index (χ3n) is 1.00. The van der Waals surface area contributed by atoms with Crippen LogP contribution < -0.4 is 11.0 Å². The molecule has 0 unspecified atom stereocenters. The summed E-state index contributed by atoms with van der Waals surface area (Å²) < 4.78 is 0. The van der Waals surface area contributed by atoms with Crippen molar-refractivity contribution in [2.24, 2.45) is 11.0 Å². The second kappa shape index (κ2) is 2.68. The zero-order valence-electron chi connectivity index (χ0n) is 5.76. The van der Waals surface area contributed by atoms with Crippen LogP contribution in [0.15, 0.2) is 5.10 Å². The largest absolute Gasteiger partial charge is 0.289 e. The molecule has 4 nitrogen and oxygen atoms in total. The number of nitrogens with zero attached hydrogens (tertiary/aromatic N) is 2. The van der Waals surface area contributed by atoms with E-state index >= 15 is 0 Å². The minimum Gasteiger partial charge on any atom is -0.289 e. The Morgan fingerprint density at radius 3 is 2.89 bits per heavy atom. The highest BCUT2D eigenvalue weighted by Crippen LogP contribution is 1.93. The molecule has 52 valence electrons. The van der Waals surface area contributed by atoms with Crippen LogP contribution in [0.3, 0.4) is 0 Å². The summed E-state index contributed by atoms with van der Waals surface area (Å²) in [4.78, 5) is 0. The van der Waals surface area contributed by atoms with Crippen molar-refractivity contribution in [3.63, 3.8) is 0 Å². The molecule has 0 aromatic rings. The van der Waals surface area contributed by atoms with Crippen LogP contribution in [0.1, 0.15) is 13.8 Å². The summed E-state index contributed by atoms with van der Waals surface area (Å²) in [6.07, 6.45) is 1.63. The maximum atomic E-state index is 3.76. The van der Waals surface area contributed by atoms with E-state index in [0.29, 0.717) is 5.92 Å². The predicted octanol–water partition coefficient (Wildman–Crippen LogP) is -0.0895. The minimum absolute atomic E-state index is 0.645. The van der Waals surface area contributed by atoms with E-state index in [-0.39, 0.29) is 0 Å². The van der Waals surface area contributed by atoms with E-state index < -0.39 is 0 Å². The molecule has 0 radical (unpaired) electrons. The first-order valence-corrected chi connectivity index (χ1v) is 3.10. The molecule has 0 atom stereocenters. The van der Waals surface area contributed by atoms with Crippen molar-refractivity contribution in [1.82, 2.24) is 16.1 Å². The molecule has 9 heavy (non-hydrogen) atoms. The summed E-state index contributed by atoms with van der Waals surface area (Å²) in [7, 11) is 0. The van der Waals surface area contributed by atoms with Gasteiger partial charge in [-0.1, -0.05) is 13.8 Å². The van der Waals surface area contributed by atoms with Gasteiger partial charge in [-0.3, -0.25) is 5.43 Å². The fourth-order valence-electron chi connectivity index (χ4n) is 0.685. The predicted molar refractivity (Wildman–Crippen MR) is 36.3 cm³/mol. The molecule has 0 saturated heterocycles. The molecule has 1 heterocycles. The quantitative estimate of drug-likeness (QED) is 0.546. The topological polar surface area (TPSA) is 39.7 Å². The van der Waals surface area contributed by atoms with Crippen LogP contribution in [0.5, 0.6) is 0 Å². The summed E-state index contributed by atoms with van der Waals surface area (Å²) in [6.45, 7) is 5.27. The van der Waals surface area contributed by atoms with E-state index in [1.807, 2.05) is 5.12 Å². The molecule has 2 N–H and O–H groups in total. The number of nitrogens with one attached hydrogen (secondary N) is 2. The zero-order valence-corrected chi connectivity index (χ0v) is 5.76. The Bertz CT molecular complexity index is 102. The number of hydrogen-bond donors (Lipinski definition) is 2. The fourth-order valence-corrected chi connectivity index (χ4v) is 0.685. The molecule has 0 aromatic carbocycles. The van der Waals surface area contributed by atoms with Crippen molar-refractivity contribution in [3.05, 3.63) is 0 Å². The van der Waals surface area contributed by atoms with Crippen molar-refractivity contribution >= 4 is 6.34 Å². The lowest BCUT2D eigenvalue weighted by atomic mass is 10.2. The van der Waals surface area contributed by atoms with Crippen molar-refractivity contribution < 1.29 is 0 Å². The molecule has 0 saturated carbocycles. The maximum absolute atomic E-state index is 3.76. The highest BCUT2D eigenvalue weighted by Gasteiger charge is 2.05. The van der Waals surface area contributed by atoms with Gasteiger partial charge in [-0.15, -0.1) is 5.12 Å². The molecular weight excluding hydrogens is 116 g/mol. The van der Waals surface area contributed by atoms with Crippen LogP contribution in [0.25, 0.3) is 0 Å². The van der Waals surface area contributed by atoms with Gasteiger partial charge in [0, 0.05) is 6.54 Å². The Hall–Kier alpha value is -0.770. The van der Waals surface area contributed by atoms with E-state index in [9.17, 15) is 0 Å². The first-order chi connectivity index (χ1) is 4.29. The molecule has 0 bridgehead atoms. The van der Waals surface area contributed by atoms with Crippen LogP contribution in [0.2, 0.25) is 0 Å². The van der Waals surface area contributed by atoms with E-state index in [1.165, 1.54) is 0 Å². The Labute approximate surface area is 54.9 Å². The van der Waals surface area contributed by atoms with Crippen molar-refractivity contribution in [1.29, 1.82) is 0 Å². The van der Waals surface area contributed by atoms with E-state index in [4.69, 9.17) is 0 Å². The second-order valence-corrected chi connectivity index (χ2v) is 2.49. The van der Waals surface area contributed by atoms with E-state index in [0.717, 1.165) is 6.54 Å². The molecule has 0 fully saturated rings. The van der Waals surface area contributed by atoms with E-state index in [1.54, 1.807) is 6.34 Å². The third-order valence-corrected chi connectivity index (χ3v) is 1.00. The van der Waals surface area contributed by atoms with Gasteiger partial charge >= 0.3 is 0 Å². The Balaban J connectivity index is 2.14. The van der Waals surface area contributed by atoms with Crippen LogP contribution >= 0.6 is 0 Å². The van der Waals surface area contributed by atoms with Gasteiger partial charge < -0.3 is 0 Å². The molecule has 4 heteroatoms. The summed E-state index contributed by atoms with van der Waals surface area (Å²) in [5.74, 6) is 0.645. The highest BCUT2D eigenvalue weighted by atomic mass is 15.8. The SMILES string of the molecule is CC(C)CN1NC=NN1. The van der Waals surface area contributed by atoms with Crippen LogP contribution in [0.4, 0.5) is 0 Å². The standard InChI is InChI=1S/C5H12N4/c1-5(2)3-9-7-4-6-8-9/h4-5,8H,3H2,1-2H3,(H,6,7). The first kappa shape index (κ1) is 6.35. The van der Waals surface area contributed by atoms with Crippen LogP contribution in [0, 0.1) is 5.92 Å². The monoisotopic (exact) mass is 128 g/mol. The van der Waals surface area contributed by atoms with E-state index in [2.05, 4.69) is 29.9 Å². The second-order valence-electron chi connectivity index (χ2n) is 2.49. The summed E-state index contributed by atoms with van der Waals surface area (Å²) in [5, 5.41) is 5.60. The zero-order chi connectivity index (χ0) is 6.69. The summed E-state index contributed by atoms with van der Waals surface area (Å²) >= 11 is 0. The van der Waals surface area contributed by atoms with Gasteiger partial charge in [0.1, 0.15) is 6.34 Å². The molecule has 0 amide bonds. The number of hydrogen-bond acceptors (Lipinski definition) is 4. The number of hydrazine groups is 2. The van der Waals surface area contributed by atoms with Gasteiger partial charge in [0.15, 0.2) is 0 Å². The Kier molecular flexibility index (Phi) is 1.89. The van der Waals surface area contributed by atoms with Gasteiger partial charge in [0.25, 0.3) is 0 Å². The Morgan fingerprint density at radius 2 is 2.44 bits per heavy atom. The van der Waals surface area contributed by atoms with Crippen molar-refractivity contribution in [2.75, 3.05) is 6.54 Å². The van der Waals surface area contributed by atoms with Crippen molar-refractivity contribution in [3.8, 4) is 0 Å². The summed E-state index contributed by atoms with van der Waals surface area (Å²) in [5.41, 5.74) is 5.70. The average molecular weight is 128 g/mol. The van der Waals surface area contributed by atoms with Gasteiger partial charge in [0.2, 0.25) is 0 Å². The molecule has 1 aliphatic rings. The maximum Gasteiger partial charge on any atom is 0.126 e. The first-order valence-electron chi connectivity index (χ1n) is 3.10. The third kappa shape index (κ3) is 1.89. The van der Waals surface area contributed by atoms with Gasteiger partial charge in [-0.2, -0.15) is 5.10 Å². The molecule has 0 aliphatic carbocycles. The lowest BCUT2D eigenvalue weighted by molar-refractivity contribution is 0.159. The normalized spacial score (nSPS) is 18.1. The van der Waals surface area contributed by atoms with Gasteiger partial charge in [-0.05, 0) is 5.92 Å². The summed E-state index contributed by atoms with van der Waals surface area (Å²) in [6, 6.07) is 0. The van der Waals surface area contributed by atoms with Gasteiger partial charge in [0.05, 0.1) is 0 Å². The van der Waals surface area contributed by atoms with Crippen molar-refractivity contribution in [2.45, 2.75) is 13.8 Å². The minimum atomic E-state index is 0.645. The Morgan fingerprint density at radius 1 is 1.67 bits per heavy atom. The lowest BCUT2D eigenvalue weighted by Crippen LogP contribution is -2.41. The highest BCUT2D eigenvalue weighted by molar-refractivity contribution is 5.54. The van der Waals surface area contributed by atoms with Crippen LogP contribution in [-0.2, 0) is 0 Å². The smallest absolute Gasteiger partial charge is 0.126 e. The fraction of sp³-hybridized carbons (Fsp3) is 0.800. The molecular formula is C5H12N4. The van der Waals surface area contributed by atoms with Crippen LogP contribution in [-0.4, -0.2) is 18.0 Å². The average Bonchev–Trinajstić information content (AvgIpc) is 2.15. The van der Waals surface area contributed by atoms with Gasteiger partial charge in [-0.25, -0.2) is 5.53 Å². The lowest BCUT2D eigenvalue weighted by Gasteiger charge is -2.15. The molecule has 0 aromatic heterocycles. The number of hydrazone groups is 1. The molecule has 0 spiro atoms.